The number of anilines is 3. The summed E-state index contributed by atoms with van der Waals surface area (Å²) in [6, 6.07) is 51.4. The molecule has 0 saturated heterocycles. The predicted octanol–water partition coefficient (Wildman–Crippen LogP) is 8.65. The SMILES string of the molecule is Bc1ccc(N(c2ccc(-c3ccccc3)cc2)c2ccc(-c3cccc4c3oc3ccccc34)cc2)cc1. The van der Waals surface area contributed by atoms with E-state index in [1.165, 1.54) is 16.6 Å². The van der Waals surface area contributed by atoms with E-state index in [1.54, 1.807) is 0 Å². The van der Waals surface area contributed by atoms with Crippen LogP contribution >= 0.6 is 0 Å². The zero-order valence-electron chi connectivity index (χ0n) is 21.7. The van der Waals surface area contributed by atoms with Crippen molar-refractivity contribution in [2.24, 2.45) is 0 Å². The smallest absolute Gasteiger partial charge is 0.143 e. The Morgan fingerprint density at radius 2 is 0.974 bits per heavy atom. The summed E-state index contributed by atoms with van der Waals surface area (Å²) in [7, 11) is 2.12. The lowest BCUT2D eigenvalue weighted by atomic mass is 9.96. The minimum Gasteiger partial charge on any atom is -0.455 e. The van der Waals surface area contributed by atoms with E-state index in [4.69, 9.17) is 4.42 Å². The number of benzene rings is 6. The molecule has 0 aliphatic heterocycles. The second kappa shape index (κ2) is 9.70. The van der Waals surface area contributed by atoms with Crippen LogP contribution in [0.2, 0.25) is 0 Å². The Kier molecular flexibility index (Phi) is 5.75. The molecule has 0 fully saturated rings. The molecule has 0 saturated carbocycles. The second-order valence-electron chi connectivity index (χ2n) is 9.91. The minimum absolute atomic E-state index is 0.918. The van der Waals surface area contributed by atoms with E-state index in [0.717, 1.165) is 50.1 Å². The molecule has 1 aromatic heterocycles. The van der Waals surface area contributed by atoms with Gasteiger partial charge >= 0.3 is 0 Å². The van der Waals surface area contributed by atoms with Gasteiger partial charge in [-0.2, -0.15) is 0 Å². The van der Waals surface area contributed by atoms with Gasteiger partial charge in [0.1, 0.15) is 19.0 Å². The van der Waals surface area contributed by atoms with Crippen molar-refractivity contribution in [3.05, 3.63) is 146 Å². The largest absolute Gasteiger partial charge is 0.455 e. The maximum atomic E-state index is 6.30. The van der Waals surface area contributed by atoms with Crippen molar-refractivity contribution in [3.63, 3.8) is 0 Å². The number of hydrogen-bond acceptors (Lipinski definition) is 2. The summed E-state index contributed by atoms with van der Waals surface area (Å²) in [5.74, 6) is 0. The number of nitrogens with zero attached hydrogens (tertiary/aromatic N) is 1. The van der Waals surface area contributed by atoms with Gasteiger partial charge < -0.3 is 9.32 Å². The van der Waals surface area contributed by atoms with Crippen LogP contribution in [0.25, 0.3) is 44.2 Å². The highest BCUT2D eigenvalue weighted by Crippen LogP contribution is 2.39. The van der Waals surface area contributed by atoms with Crippen LogP contribution in [0, 0.1) is 0 Å². The molecule has 0 radical (unpaired) electrons. The van der Waals surface area contributed by atoms with Gasteiger partial charge in [0.05, 0.1) is 0 Å². The highest BCUT2D eigenvalue weighted by molar-refractivity contribution is 6.32. The van der Waals surface area contributed by atoms with Gasteiger partial charge in [-0.15, -0.1) is 0 Å². The van der Waals surface area contributed by atoms with E-state index in [-0.39, 0.29) is 0 Å². The molecule has 1 heterocycles. The minimum atomic E-state index is 0.918. The number of rotatable bonds is 5. The standard InChI is InChI=1S/C36H26BNO/c37-28-17-23-31(24-18-28)38(29-19-13-26(14-20-29)25-7-2-1-3-8-25)30-21-15-27(16-22-30)32-10-6-11-34-33-9-4-5-12-35(33)39-36(32)34/h1-24H,37H2. The number of hydrogen-bond donors (Lipinski definition) is 0. The molecule has 0 N–H and O–H groups in total. The molecule has 0 bridgehead atoms. The fourth-order valence-corrected chi connectivity index (χ4v) is 5.34. The van der Waals surface area contributed by atoms with Crippen LogP contribution in [0.1, 0.15) is 0 Å². The molecule has 0 aliphatic carbocycles. The Morgan fingerprint density at radius 1 is 0.436 bits per heavy atom. The van der Waals surface area contributed by atoms with Crippen molar-refractivity contribution >= 4 is 52.3 Å². The van der Waals surface area contributed by atoms with Gasteiger partial charge in [0.2, 0.25) is 0 Å². The Hall–Kier alpha value is -5.02. The predicted molar refractivity (Wildman–Crippen MR) is 167 cm³/mol. The molecule has 0 aliphatic rings. The van der Waals surface area contributed by atoms with Gasteiger partial charge in [0.15, 0.2) is 0 Å². The zero-order chi connectivity index (χ0) is 26.2. The summed E-state index contributed by atoms with van der Waals surface area (Å²) in [5, 5.41) is 2.29. The molecular weight excluding hydrogens is 473 g/mol. The third kappa shape index (κ3) is 4.28. The summed E-state index contributed by atoms with van der Waals surface area (Å²) in [5.41, 5.74) is 11.1. The molecule has 6 aromatic carbocycles. The maximum absolute atomic E-state index is 6.30. The normalized spacial score (nSPS) is 11.2. The van der Waals surface area contributed by atoms with Crippen molar-refractivity contribution in [2.45, 2.75) is 0 Å². The summed E-state index contributed by atoms with van der Waals surface area (Å²) in [6.45, 7) is 0. The first-order valence-electron chi connectivity index (χ1n) is 13.3. The lowest BCUT2D eigenvalue weighted by Crippen LogP contribution is -2.11. The molecule has 0 unspecified atom stereocenters. The van der Waals surface area contributed by atoms with E-state index >= 15 is 0 Å². The van der Waals surface area contributed by atoms with Crippen molar-refractivity contribution in [2.75, 3.05) is 4.90 Å². The monoisotopic (exact) mass is 499 g/mol. The molecule has 7 rings (SSSR count). The summed E-state index contributed by atoms with van der Waals surface area (Å²) in [4.78, 5) is 2.31. The highest BCUT2D eigenvalue weighted by Gasteiger charge is 2.15. The van der Waals surface area contributed by atoms with Gasteiger partial charge in [-0.1, -0.05) is 109 Å². The molecule has 7 aromatic rings. The molecule has 0 atom stereocenters. The average Bonchev–Trinajstić information content (AvgIpc) is 3.39. The molecule has 3 heteroatoms. The Bertz CT molecular complexity index is 1890. The Morgan fingerprint density at radius 3 is 1.67 bits per heavy atom. The molecule has 0 spiro atoms. The summed E-state index contributed by atoms with van der Waals surface area (Å²) < 4.78 is 6.30. The van der Waals surface area contributed by atoms with E-state index < -0.39 is 0 Å². The van der Waals surface area contributed by atoms with Crippen LogP contribution in [-0.2, 0) is 0 Å². The first-order chi connectivity index (χ1) is 19.2. The summed E-state index contributed by atoms with van der Waals surface area (Å²) >= 11 is 0. The fourth-order valence-electron chi connectivity index (χ4n) is 5.34. The van der Waals surface area contributed by atoms with Crippen molar-refractivity contribution in [1.82, 2.24) is 0 Å². The maximum Gasteiger partial charge on any atom is 0.143 e. The van der Waals surface area contributed by atoms with Crippen molar-refractivity contribution in [3.8, 4) is 22.3 Å². The fraction of sp³-hybridized carbons (Fsp3) is 0. The van der Waals surface area contributed by atoms with Crippen molar-refractivity contribution < 1.29 is 4.42 Å². The highest BCUT2D eigenvalue weighted by atomic mass is 16.3. The number of fused-ring (bicyclic) bond motifs is 3. The lowest BCUT2D eigenvalue weighted by molar-refractivity contribution is 0.670. The van der Waals surface area contributed by atoms with Crippen LogP contribution in [0.3, 0.4) is 0 Å². The third-order valence-corrected chi connectivity index (χ3v) is 7.37. The number of para-hydroxylation sites is 2. The van der Waals surface area contributed by atoms with Crippen LogP contribution < -0.4 is 10.4 Å². The third-order valence-electron chi connectivity index (χ3n) is 7.37. The molecule has 0 amide bonds. The van der Waals surface area contributed by atoms with Crippen molar-refractivity contribution in [1.29, 1.82) is 0 Å². The first-order valence-corrected chi connectivity index (χ1v) is 13.3. The van der Waals surface area contributed by atoms with Gasteiger partial charge in [-0.25, -0.2) is 0 Å². The quantitative estimate of drug-likeness (QED) is 0.220. The van der Waals surface area contributed by atoms with Gasteiger partial charge in [-0.05, 0) is 59.2 Å². The number of furan rings is 1. The van der Waals surface area contributed by atoms with Crippen LogP contribution in [-0.4, -0.2) is 7.85 Å². The van der Waals surface area contributed by atoms with Gasteiger partial charge in [0, 0.05) is 33.4 Å². The van der Waals surface area contributed by atoms with E-state index in [9.17, 15) is 0 Å². The molecule has 39 heavy (non-hydrogen) atoms. The molecule has 184 valence electrons. The van der Waals surface area contributed by atoms with Crippen LogP contribution in [0.4, 0.5) is 17.1 Å². The summed E-state index contributed by atoms with van der Waals surface area (Å²) in [6.07, 6.45) is 0. The Balaban J connectivity index is 1.29. The van der Waals surface area contributed by atoms with Gasteiger partial charge in [0.25, 0.3) is 0 Å². The molecular formula is C36H26BNO. The Labute approximate surface area is 229 Å². The zero-order valence-corrected chi connectivity index (χ0v) is 21.7. The molecule has 2 nitrogen and oxygen atoms in total. The van der Waals surface area contributed by atoms with E-state index in [1.807, 2.05) is 12.1 Å². The van der Waals surface area contributed by atoms with E-state index in [2.05, 4.69) is 146 Å². The van der Waals surface area contributed by atoms with E-state index in [0.29, 0.717) is 0 Å². The topological polar surface area (TPSA) is 16.4 Å². The van der Waals surface area contributed by atoms with Gasteiger partial charge in [-0.3, -0.25) is 0 Å². The lowest BCUT2D eigenvalue weighted by Gasteiger charge is -2.26. The van der Waals surface area contributed by atoms with Crippen LogP contribution in [0.5, 0.6) is 0 Å². The second-order valence-corrected chi connectivity index (χ2v) is 9.91. The first kappa shape index (κ1) is 23.1. The van der Waals surface area contributed by atoms with Crippen LogP contribution in [0.15, 0.2) is 150 Å². The average molecular weight is 499 g/mol.